The summed E-state index contributed by atoms with van der Waals surface area (Å²) in [4.78, 5) is 24.5. The van der Waals surface area contributed by atoms with E-state index in [-0.39, 0.29) is 29.8 Å². The second-order valence-electron chi connectivity index (χ2n) is 5.07. The first kappa shape index (κ1) is 15.9. The fraction of sp³-hybridized carbons (Fsp3) is 0.643. The van der Waals surface area contributed by atoms with Crippen molar-refractivity contribution in [1.29, 1.82) is 0 Å². The van der Waals surface area contributed by atoms with Crippen LogP contribution in [0.5, 0.6) is 0 Å². The van der Waals surface area contributed by atoms with E-state index >= 15 is 0 Å². The van der Waals surface area contributed by atoms with Crippen LogP contribution in [0.1, 0.15) is 54.2 Å². The SMILES string of the molecule is CCOC(=O)c1c(SC)nn(C(=O)C2CCCCC2)c1N. The lowest BCUT2D eigenvalue weighted by molar-refractivity contribution is 0.0523. The van der Waals surface area contributed by atoms with Crippen LogP contribution in [-0.2, 0) is 4.74 Å². The highest BCUT2D eigenvalue weighted by Crippen LogP contribution is 2.29. The molecule has 0 spiro atoms. The number of hydrogen-bond donors (Lipinski definition) is 1. The molecule has 21 heavy (non-hydrogen) atoms. The molecule has 0 atom stereocenters. The minimum Gasteiger partial charge on any atom is -0.462 e. The number of thioether (sulfide) groups is 1. The summed E-state index contributed by atoms with van der Waals surface area (Å²) in [6, 6.07) is 0. The lowest BCUT2D eigenvalue weighted by atomic mass is 9.89. The largest absolute Gasteiger partial charge is 0.462 e. The number of rotatable bonds is 4. The monoisotopic (exact) mass is 311 g/mol. The zero-order chi connectivity index (χ0) is 15.4. The van der Waals surface area contributed by atoms with Crippen LogP contribution in [0.4, 0.5) is 5.82 Å². The fourth-order valence-electron chi connectivity index (χ4n) is 2.64. The zero-order valence-corrected chi connectivity index (χ0v) is 13.2. The van der Waals surface area contributed by atoms with Gasteiger partial charge in [0, 0.05) is 5.92 Å². The third kappa shape index (κ3) is 3.23. The van der Waals surface area contributed by atoms with Gasteiger partial charge in [-0.2, -0.15) is 9.78 Å². The van der Waals surface area contributed by atoms with Gasteiger partial charge in [0.25, 0.3) is 5.91 Å². The van der Waals surface area contributed by atoms with E-state index in [2.05, 4.69) is 5.10 Å². The van der Waals surface area contributed by atoms with E-state index in [1.165, 1.54) is 22.9 Å². The molecule has 0 aromatic carbocycles. The van der Waals surface area contributed by atoms with Crippen LogP contribution in [0.15, 0.2) is 5.03 Å². The van der Waals surface area contributed by atoms with Crippen molar-refractivity contribution >= 4 is 29.5 Å². The lowest BCUT2D eigenvalue weighted by Gasteiger charge is -2.20. The normalized spacial score (nSPS) is 15.9. The Morgan fingerprint density at radius 3 is 2.62 bits per heavy atom. The Morgan fingerprint density at radius 1 is 1.38 bits per heavy atom. The summed E-state index contributed by atoms with van der Waals surface area (Å²) >= 11 is 1.28. The van der Waals surface area contributed by atoms with Crippen molar-refractivity contribution in [2.24, 2.45) is 5.92 Å². The highest BCUT2D eigenvalue weighted by Gasteiger charge is 2.29. The molecule has 0 saturated heterocycles. The molecule has 0 aliphatic heterocycles. The fourth-order valence-corrected chi connectivity index (χ4v) is 3.19. The number of nitrogens with zero attached hydrogens (tertiary/aromatic N) is 2. The molecular weight excluding hydrogens is 290 g/mol. The molecule has 6 nitrogen and oxygen atoms in total. The molecule has 1 aliphatic rings. The number of aromatic nitrogens is 2. The molecule has 7 heteroatoms. The second-order valence-corrected chi connectivity index (χ2v) is 5.87. The highest BCUT2D eigenvalue weighted by atomic mass is 32.2. The van der Waals surface area contributed by atoms with Crippen LogP contribution in [0.3, 0.4) is 0 Å². The average Bonchev–Trinajstić information content (AvgIpc) is 2.84. The number of hydrogen-bond acceptors (Lipinski definition) is 6. The van der Waals surface area contributed by atoms with Gasteiger partial charge in [-0.1, -0.05) is 19.3 Å². The maximum Gasteiger partial charge on any atom is 0.344 e. The first-order chi connectivity index (χ1) is 10.1. The summed E-state index contributed by atoms with van der Waals surface area (Å²) < 4.78 is 6.18. The smallest absolute Gasteiger partial charge is 0.344 e. The van der Waals surface area contributed by atoms with Crippen molar-refractivity contribution in [1.82, 2.24) is 9.78 Å². The van der Waals surface area contributed by atoms with Crippen molar-refractivity contribution in [3.63, 3.8) is 0 Å². The summed E-state index contributed by atoms with van der Waals surface area (Å²) in [5.41, 5.74) is 6.19. The van der Waals surface area contributed by atoms with E-state index in [0.717, 1.165) is 25.7 Å². The van der Waals surface area contributed by atoms with Crippen LogP contribution in [0, 0.1) is 5.92 Å². The van der Waals surface area contributed by atoms with Crippen molar-refractivity contribution < 1.29 is 14.3 Å². The highest BCUT2D eigenvalue weighted by molar-refractivity contribution is 7.98. The van der Waals surface area contributed by atoms with Crippen LogP contribution in [-0.4, -0.2) is 34.5 Å². The van der Waals surface area contributed by atoms with Crippen LogP contribution >= 0.6 is 11.8 Å². The van der Waals surface area contributed by atoms with E-state index in [1.807, 2.05) is 0 Å². The van der Waals surface area contributed by atoms with Crippen molar-refractivity contribution in [3.8, 4) is 0 Å². The summed E-state index contributed by atoms with van der Waals surface area (Å²) in [5, 5.41) is 4.65. The summed E-state index contributed by atoms with van der Waals surface area (Å²) in [6.45, 7) is 1.98. The van der Waals surface area contributed by atoms with Crippen molar-refractivity contribution in [2.45, 2.75) is 44.1 Å². The minimum absolute atomic E-state index is 0.0503. The molecule has 0 amide bonds. The summed E-state index contributed by atoms with van der Waals surface area (Å²) in [6.07, 6.45) is 6.79. The van der Waals surface area contributed by atoms with Gasteiger partial charge >= 0.3 is 5.97 Å². The predicted octanol–water partition coefficient (Wildman–Crippen LogP) is 2.58. The Hall–Kier alpha value is -1.50. The Morgan fingerprint density at radius 2 is 2.05 bits per heavy atom. The van der Waals surface area contributed by atoms with Gasteiger partial charge in [-0.3, -0.25) is 4.79 Å². The predicted molar refractivity (Wildman–Crippen MR) is 81.6 cm³/mol. The first-order valence-corrected chi connectivity index (χ1v) is 8.46. The van der Waals surface area contributed by atoms with E-state index in [4.69, 9.17) is 10.5 Å². The molecule has 1 aromatic heterocycles. The Kier molecular flexibility index (Phi) is 5.27. The molecule has 0 unspecified atom stereocenters. The van der Waals surface area contributed by atoms with Gasteiger partial charge in [0.1, 0.15) is 16.4 Å². The van der Waals surface area contributed by atoms with E-state index in [9.17, 15) is 9.59 Å². The maximum atomic E-state index is 12.5. The van der Waals surface area contributed by atoms with E-state index in [1.54, 1.807) is 13.2 Å². The number of anilines is 1. The van der Waals surface area contributed by atoms with Crippen LogP contribution in [0.2, 0.25) is 0 Å². The Bertz CT molecular complexity index is 536. The molecule has 0 radical (unpaired) electrons. The summed E-state index contributed by atoms with van der Waals surface area (Å²) in [5.74, 6) is -0.598. The Balaban J connectivity index is 2.31. The number of nitrogen functional groups attached to an aromatic ring is 1. The van der Waals surface area contributed by atoms with Gasteiger partial charge in [-0.15, -0.1) is 11.8 Å². The van der Waals surface area contributed by atoms with Crippen molar-refractivity contribution in [2.75, 3.05) is 18.6 Å². The third-order valence-corrected chi connectivity index (χ3v) is 4.40. The molecule has 1 aliphatic carbocycles. The van der Waals surface area contributed by atoms with Crippen LogP contribution < -0.4 is 5.73 Å². The molecule has 2 rings (SSSR count). The summed E-state index contributed by atoms with van der Waals surface area (Å²) in [7, 11) is 0. The molecule has 1 aromatic rings. The van der Waals surface area contributed by atoms with E-state index in [0.29, 0.717) is 5.03 Å². The lowest BCUT2D eigenvalue weighted by Crippen LogP contribution is -2.26. The molecule has 1 fully saturated rings. The van der Waals surface area contributed by atoms with E-state index < -0.39 is 5.97 Å². The zero-order valence-electron chi connectivity index (χ0n) is 12.4. The average molecular weight is 311 g/mol. The molecule has 0 bridgehead atoms. The van der Waals surface area contributed by atoms with Gasteiger partial charge in [-0.25, -0.2) is 4.79 Å². The van der Waals surface area contributed by atoms with Gasteiger partial charge in [-0.05, 0) is 26.0 Å². The quantitative estimate of drug-likeness (QED) is 0.679. The molecular formula is C14H21N3O3S. The van der Waals surface area contributed by atoms with Crippen molar-refractivity contribution in [3.05, 3.63) is 5.56 Å². The number of esters is 1. The molecule has 1 saturated carbocycles. The van der Waals surface area contributed by atoms with Gasteiger partial charge in [0.2, 0.25) is 0 Å². The Labute approximate surface area is 128 Å². The molecule has 2 N–H and O–H groups in total. The van der Waals surface area contributed by atoms with Crippen LogP contribution in [0.25, 0.3) is 0 Å². The maximum absolute atomic E-state index is 12.5. The number of carbonyl (C=O) groups excluding carboxylic acids is 2. The number of carbonyl (C=O) groups is 2. The molecule has 1 heterocycles. The van der Waals surface area contributed by atoms with Gasteiger partial charge < -0.3 is 10.5 Å². The number of ether oxygens (including phenoxy) is 1. The standard InChI is InChI=1S/C14H21N3O3S/c1-3-20-14(19)10-11(15)17(16-12(10)21-2)13(18)9-7-5-4-6-8-9/h9H,3-8,15H2,1-2H3. The topological polar surface area (TPSA) is 87.2 Å². The molecule has 116 valence electrons. The first-order valence-electron chi connectivity index (χ1n) is 7.24. The van der Waals surface area contributed by atoms with Gasteiger partial charge in [0.15, 0.2) is 0 Å². The van der Waals surface area contributed by atoms with Gasteiger partial charge in [0.05, 0.1) is 6.61 Å². The second kappa shape index (κ2) is 6.98. The number of nitrogens with two attached hydrogens (primary N) is 1. The third-order valence-electron chi connectivity index (χ3n) is 3.73. The minimum atomic E-state index is -0.526.